The standard InChI is InChI=1S/C49H28N2O3S/c1-2-8-30(9-3-1)49-50-48-46(55-49)25-24-42-47(48)39-21-16-31(26-43(39)54-42)29-14-17-32(18-15-29)51(33-19-22-37-35-10-4-6-12-40(35)52-44(37)27-33)34-20-23-38-36-11-5-7-13-41(36)53-45(38)28-34/h1-28H. The maximum atomic E-state index is 6.47. The van der Waals surface area contributed by atoms with Crippen LogP contribution in [0.1, 0.15) is 0 Å². The minimum absolute atomic E-state index is 0.843. The summed E-state index contributed by atoms with van der Waals surface area (Å²) in [6.07, 6.45) is 0. The van der Waals surface area contributed by atoms with Crippen molar-refractivity contribution in [2.45, 2.75) is 0 Å². The molecule has 4 heterocycles. The number of nitrogens with zero attached hydrogens (tertiary/aromatic N) is 2. The highest BCUT2D eigenvalue weighted by Gasteiger charge is 2.19. The Morgan fingerprint density at radius 2 is 0.927 bits per heavy atom. The molecule has 6 heteroatoms. The average molecular weight is 725 g/mol. The Morgan fingerprint density at radius 3 is 1.62 bits per heavy atom. The molecule has 0 unspecified atom stereocenters. The fourth-order valence-corrected chi connectivity index (χ4v) is 9.07. The van der Waals surface area contributed by atoms with Gasteiger partial charge in [0.2, 0.25) is 0 Å². The molecule has 0 saturated carbocycles. The summed E-state index contributed by atoms with van der Waals surface area (Å²) in [6, 6.07) is 59.0. The average Bonchev–Trinajstić information content (AvgIpc) is 4.02. The van der Waals surface area contributed by atoms with E-state index in [4.69, 9.17) is 18.2 Å². The lowest BCUT2D eigenvalue weighted by atomic mass is 10.0. The van der Waals surface area contributed by atoms with Crippen LogP contribution in [0, 0.1) is 0 Å². The summed E-state index contributed by atoms with van der Waals surface area (Å²) >= 11 is 1.71. The number of hydrogen-bond donors (Lipinski definition) is 0. The lowest BCUT2D eigenvalue weighted by Gasteiger charge is -2.25. The van der Waals surface area contributed by atoms with Crippen molar-refractivity contribution < 1.29 is 13.3 Å². The first-order valence-corrected chi connectivity index (χ1v) is 19.1. The predicted molar refractivity (Wildman–Crippen MR) is 227 cm³/mol. The SMILES string of the molecule is c1ccc(-c2nc3c(ccc4oc5cc(-c6ccc(N(c7ccc8c(c7)oc7ccccc78)c7ccc8c(c7)oc7ccccc78)cc6)ccc5c43)s2)cc1. The van der Waals surface area contributed by atoms with Gasteiger partial charge in [0, 0.05) is 61.7 Å². The molecule has 0 N–H and O–H groups in total. The number of anilines is 3. The van der Waals surface area contributed by atoms with Gasteiger partial charge in [0.05, 0.1) is 15.6 Å². The smallest absolute Gasteiger partial charge is 0.137 e. The van der Waals surface area contributed by atoms with Crippen LogP contribution in [-0.2, 0) is 0 Å². The Hall–Kier alpha value is -7.15. The van der Waals surface area contributed by atoms with Gasteiger partial charge in [-0.25, -0.2) is 4.98 Å². The van der Waals surface area contributed by atoms with Gasteiger partial charge in [0.1, 0.15) is 38.5 Å². The number of hydrogen-bond acceptors (Lipinski definition) is 6. The predicted octanol–water partition coefficient (Wildman–Crippen LogP) is 14.8. The summed E-state index contributed by atoms with van der Waals surface area (Å²) in [5.41, 5.74) is 12.4. The van der Waals surface area contributed by atoms with E-state index in [2.05, 4.69) is 144 Å². The first kappa shape index (κ1) is 30.3. The molecule has 55 heavy (non-hydrogen) atoms. The largest absolute Gasteiger partial charge is 0.456 e. The second-order valence-corrected chi connectivity index (χ2v) is 15.0. The van der Waals surface area contributed by atoms with E-state index < -0.39 is 0 Å². The van der Waals surface area contributed by atoms with E-state index in [0.717, 1.165) is 115 Å². The molecular weight excluding hydrogens is 697 g/mol. The monoisotopic (exact) mass is 724 g/mol. The Labute approximate surface area is 317 Å². The van der Waals surface area contributed by atoms with Crippen molar-refractivity contribution >= 4 is 104 Å². The first-order valence-electron chi connectivity index (χ1n) is 18.3. The zero-order valence-corrected chi connectivity index (χ0v) is 30.0. The summed E-state index contributed by atoms with van der Waals surface area (Å²) in [5, 5.41) is 7.55. The number of para-hydroxylation sites is 2. The molecule has 0 saturated heterocycles. The van der Waals surface area contributed by atoms with E-state index in [0.29, 0.717) is 0 Å². The maximum Gasteiger partial charge on any atom is 0.137 e. The second-order valence-electron chi connectivity index (χ2n) is 13.9. The van der Waals surface area contributed by atoms with Gasteiger partial charge in [-0.3, -0.25) is 0 Å². The third kappa shape index (κ3) is 4.75. The first-order chi connectivity index (χ1) is 27.2. The van der Waals surface area contributed by atoms with Gasteiger partial charge in [0.25, 0.3) is 0 Å². The molecule has 5 nitrogen and oxygen atoms in total. The minimum atomic E-state index is 0.843. The van der Waals surface area contributed by atoms with Crippen LogP contribution in [0.25, 0.3) is 97.7 Å². The van der Waals surface area contributed by atoms with Gasteiger partial charge in [0.15, 0.2) is 0 Å². The highest BCUT2D eigenvalue weighted by Crippen LogP contribution is 2.43. The number of aromatic nitrogens is 1. The number of fused-ring (bicyclic) bond motifs is 11. The number of furan rings is 3. The van der Waals surface area contributed by atoms with Crippen LogP contribution >= 0.6 is 11.3 Å². The van der Waals surface area contributed by atoms with Crippen LogP contribution in [0.5, 0.6) is 0 Å². The van der Waals surface area contributed by atoms with Crippen molar-refractivity contribution in [1.82, 2.24) is 4.98 Å². The van der Waals surface area contributed by atoms with E-state index in [1.165, 1.54) is 0 Å². The quantitative estimate of drug-likeness (QED) is 0.177. The molecule has 12 rings (SSSR count). The zero-order chi connectivity index (χ0) is 36.0. The molecular formula is C49H28N2O3S. The van der Waals surface area contributed by atoms with E-state index in [1.807, 2.05) is 30.3 Å². The Kier molecular flexibility index (Phi) is 6.44. The van der Waals surface area contributed by atoms with E-state index in [1.54, 1.807) is 11.3 Å². The molecule has 8 aromatic carbocycles. The molecule has 0 aliphatic heterocycles. The third-order valence-electron chi connectivity index (χ3n) is 10.7. The molecule has 0 amide bonds. The molecule has 0 bridgehead atoms. The van der Waals surface area contributed by atoms with Crippen molar-refractivity contribution in [3.63, 3.8) is 0 Å². The molecule has 258 valence electrons. The van der Waals surface area contributed by atoms with E-state index in [9.17, 15) is 0 Å². The lowest BCUT2D eigenvalue weighted by molar-refractivity contribution is 0.668. The maximum absolute atomic E-state index is 6.47. The number of thiazole rings is 1. The van der Waals surface area contributed by atoms with E-state index >= 15 is 0 Å². The highest BCUT2D eigenvalue weighted by atomic mass is 32.1. The summed E-state index contributed by atoms with van der Waals surface area (Å²) in [4.78, 5) is 7.35. The molecule has 0 radical (unpaired) electrons. The van der Waals surface area contributed by atoms with Crippen molar-refractivity contribution in [3.05, 3.63) is 170 Å². The fraction of sp³-hybridized carbons (Fsp3) is 0. The van der Waals surface area contributed by atoms with Gasteiger partial charge in [-0.05, 0) is 83.9 Å². The van der Waals surface area contributed by atoms with Crippen molar-refractivity contribution in [2.75, 3.05) is 4.90 Å². The van der Waals surface area contributed by atoms with Gasteiger partial charge in [-0.1, -0.05) is 84.9 Å². The molecule has 12 aromatic rings. The van der Waals surface area contributed by atoms with E-state index in [-0.39, 0.29) is 0 Å². The molecule has 4 aromatic heterocycles. The zero-order valence-electron chi connectivity index (χ0n) is 29.2. The molecule has 0 aliphatic carbocycles. The van der Waals surface area contributed by atoms with Crippen LogP contribution in [0.15, 0.2) is 183 Å². The summed E-state index contributed by atoms with van der Waals surface area (Å²) in [7, 11) is 0. The van der Waals surface area contributed by atoms with Gasteiger partial charge in [-0.15, -0.1) is 11.3 Å². The van der Waals surface area contributed by atoms with Crippen molar-refractivity contribution in [1.29, 1.82) is 0 Å². The Morgan fingerprint density at radius 1 is 0.382 bits per heavy atom. The highest BCUT2D eigenvalue weighted by molar-refractivity contribution is 7.21. The second kappa shape index (κ2) is 11.7. The van der Waals surface area contributed by atoms with Gasteiger partial charge >= 0.3 is 0 Å². The molecule has 0 aliphatic rings. The molecule has 0 atom stereocenters. The van der Waals surface area contributed by atoms with Crippen molar-refractivity contribution in [3.8, 4) is 21.7 Å². The van der Waals surface area contributed by atoms with Crippen LogP contribution in [-0.4, -0.2) is 4.98 Å². The number of benzene rings is 8. The molecule has 0 spiro atoms. The molecule has 0 fully saturated rings. The third-order valence-corrected chi connectivity index (χ3v) is 11.8. The summed E-state index contributed by atoms with van der Waals surface area (Å²) < 4.78 is 20.3. The van der Waals surface area contributed by atoms with Gasteiger partial charge in [-0.2, -0.15) is 0 Å². The summed E-state index contributed by atoms with van der Waals surface area (Å²) in [5.74, 6) is 0. The van der Waals surface area contributed by atoms with Crippen LogP contribution in [0.3, 0.4) is 0 Å². The van der Waals surface area contributed by atoms with Crippen LogP contribution in [0.2, 0.25) is 0 Å². The Balaban J connectivity index is 0.956. The summed E-state index contributed by atoms with van der Waals surface area (Å²) in [6.45, 7) is 0. The fourth-order valence-electron chi connectivity index (χ4n) is 8.09. The van der Waals surface area contributed by atoms with Crippen molar-refractivity contribution in [2.24, 2.45) is 0 Å². The van der Waals surface area contributed by atoms with Crippen LogP contribution < -0.4 is 4.90 Å². The lowest BCUT2D eigenvalue weighted by Crippen LogP contribution is -2.09. The Bertz CT molecular complexity index is 3330. The van der Waals surface area contributed by atoms with Gasteiger partial charge < -0.3 is 18.2 Å². The van der Waals surface area contributed by atoms with Crippen LogP contribution in [0.4, 0.5) is 17.1 Å². The normalized spacial score (nSPS) is 12.0. The number of rotatable bonds is 5. The topological polar surface area (TPSA) is 55.6 Å². The minimum Gasteiger partial charge on any atom is -0.456 e.